The quantitative estimate of drug-likeness (QED) is 0.682. The molecule has 1 aliphatic rings. The molecule has 4 heteroatoms. The highest BCUT2D eigenvalue weighted by Crippen LogP contribution is 2.21. The molecule has 1 heterocycles. The highest BCUT2D eigenvalue weighted by atomic mass is 16.7. The highest BCUT2D eigenvalue weighted by Gasteiger charge is 2.31. The summed E-state index contributed by atoms with van der Waals surface area (Å²) < 4.78 is 15.6. The molecular weight excluding hydrogens is 184 g/mol. The van der Waals surface area contributed by atoms with Gasteiger partial charge < -0.3 is 14.2 Å². The fourth-order valence-electron chi connectivity index (χ4n) is 1.29. The maximum Gasteiger partial charge on any atom is 0.162 e. The maximum atomic E-state index is 11.5. The third-order valence-electron chi connectivity index (χ3n) is 2.27. The summed E-state index contributed by atoms with van der Waals surface area (Å²) in [4.78, 5) is 11.5. The number of ether oxygens (including phenoxy) is 3. The number of carbonyl (C=O) groups is 1. The van der Waals surface area contributed by atoms with E-state index >= 15 is 0 Å². The van der Waals surface area contributed by atoms with Crippen molar-refractivity contribution < 1.29 is 19.0 Å². The fourth-order valence-corrected chi connectivity index (χ4v) is 1.29. The van der Waals surface area contributed by atoms with Crippen LogP contribution in [0.15, 0.2) is 0 Å². The zero-order valence-electron chi connectivity index (χ0n) is 9.04. The summed E-state index contributed by atoms with van der Waals surface area (Å²) in [6.07, 6.45) is 0.439. The van der Waals surface area contributed by atoms with Gasteiger partial charge in [-0.1, -0.05) is 0 Å². The van der Waals surface area contributed by atoms with Crippen LogP contribution >= 0.6 is 0 Å². The van der Waals surface area contributed by atoms with Crippen LogP contribution in [0, 0.1) is 5.92 Å². The van der Waals surface area contributed by atoms with Gasteiger partial charge in [-0.2, -0.15) is 0 Å². The molecule has 0 N–H and O–H groups in total. The van der Waals surface area contributed by atoms with Crippen molar-refractivity contribution in [2.24, 2.45) is 5.92 Å². The lowest BCUT2D eigenvalue weighted by atomic mass is 10.0. The predicted octanol–water partition coefficient (Wildman–Crippen LogP) is 0.991. The SMILES string of the molecule is COCCC(=O)C1COC(C)(C)OC1. The van der Waals surface area contributed by atoms with E-state index in [1.54, 1.807) is 7.11 Å². The van der Waals surface area contributed by atoms with E-state index in [4.69, 9.17) is 14.2 Å². The third kappa shape index (κ3) is 3.36. The van der Waals surface area contributed by atoms with Gasteiger partial charge in [0.2, 0.25) is 0 Å². The summed E-state index contributed by atoms with van der Waals surface area (Å²) >= 11 is 0. The van der Waals surface area contributed by atoms with E-state index in [2.05, 4.69) is 0 Å². The Bertz CT molecular complexity index is 190. The second-order valence-electron chi connectivity index (χ2n) is 3.93. The molecule has 1 saturated heterocycles. The Hall–Kier alpha value is -0.450. The number of hydrogen-bond donors (Lipinski definition) is 0. The van der Waals surface area contributed by atoms with Gasteiger partial charge in [0.1, 0.15) is 5.78 Å². The number of rotatable bonds is 4. The average molecular weight is 202 g/mol. The smallest absolute Gasteiger partial charge is 0.162 e. The summed E-state index contributed by atoms with van der Waals surface area (Å²) in [5.41, 5.74) is 0. The molecule has 0 aromatic carbocycles. The molecule has 0 aromatic rings. The van der Waals surface area contributed by atoms with Crippen LogP contribution in [0.1, 0.15) is 20.3 Å². The van der Waals surface area contributed by atoms with Gasteiger partial charge in [0.25, 0.3) is 0 Å². The van der Waals surface area contributed by atoms with Crippen LogP contribution in [0.5, 0.6) is 0 Å². The van der Waals surface area contributed by atoms with Gasteiger partial charge in [-0.25, -0.2) is 0 Å². The van der Waals surface area contributed by atoms with E-state index in [1.165, 1.54) is 0 Å². The molecule has 4 nitrogen and oxygen atoms in total. The first-order chi connectivity index (χ1) is 6.55. The van der Waals surface area contributed by atoms with Crippen LogP contribution in [-0.4, -0.2) is 38.5 Å². The lowest BCUT2D eigenvalue weighted by Gasteiger charge is -2.34. The highest BCUT2D eigenvalue weighted by molar-refractivity contribution is 5.81. The summed E-state index contributed by atoms with van der Waals surface area (Å²) in [6.45, 7) is 5.08. The average Bonchev–Trinajstić information content (AvgIpc) is 2.14. The van der Waals surface area contributed by atoms with E-state index in [9.17, 15) is 4.79 Å². The Morgan fingerprint density at radius 1 is 1.43 bits per heavy atom. The van der Waals surface area contributed by atoms with Gasteiger partial charge in [-0.15, -0.1) is 0 Å². The van der Waals surface area contributed by atoms with Crippen molar-refractivity contribution in [3.8, 4) is 0 Å². The standard InChI is InChI=1S/C10H18O4/c1-10(2)13-6-8(7-14-10)9(11)4-5-12-3/h8H,4-7H2,1-3H3. The van der Waals surface area contributed by atoms with E-state index in [0.717, 1.165) is 0 Å². The van der Waals surface area contributed by atoms with Gasteiger partial charge >= 0.3 is 0 Å². The van der Waals surface area contributed by atoms with Crippen molar-refractivity contribution in [1.29, 1.82) is 0 Å². The summed E-state index contributed by atoms with van der Waals surface area (Å²) in [5.74, 6) is -0.515. The zero-order chi connectivity index (χ0) is 10.6. The molecule has 14 heavy (non-hydrogen) atoms. The van der Waals surface area contributed by atoms with Gasteiger partial charge in [0.15, 0.2) is 5.79 Å². The molecule has 0 atom stereocenters. The van der Waals surface area contributed by atoms with E-state index < -0.39 is 5.79 Å². The number of Topliss-reactive ketones (excluding diaryl/α,β-unsaturated/α-hetero) is 1. The molecule has 0 aromatic heterocycles. The molecule has 1 aliphatic heterocycles. The van der Waals surface area contributed by atoms with Gasteiger partial charge in [0.05, 0.1) is 25.7 Å². The van der Waals surface area contributed by atoms with Crippen LogP contribution in [0.2, 0.25) is 0 Å². The minimum Gasteiger partial charge on any atom is -0.384 e. The molecule has 0 amide bonds. The van der Waals surface area contributed by atoms with Crippen molar-refractivity contribution in [2.75, 3.05) is 26.9 Å². The second kappa shape index (κ2) is 4.87. The van der Waals surface area contributed by atoms with Crippen molar-refractivity contribution in [3.63, 3.8) is 0 Å². The predicted molar refractivity (Wildman–Crippen MR) is 51.0 cm³/mol. The Balaban J connectivity index is 2.30. The topological polar surface area (TPSA) is 44.8 Å². The minimum absolute atomic E-state index is 0.127. The molecular formula is C10H18O4. The third-order valence-corrected chi connectivity index (χ3v) is 2.27. The molecule has 0 spiro atoms. The van der Waals surface area contributed by atoms with Crippen molar-refractivity contribution in [3.05, 3.63) is 0 Å². The first kappa shape index (κ1) is 11.6. The first-order valence-corrected chi connectivity index (χ1v) is 4.85. The fraction of sp³-hybridized carbons (Fsp3) is 0.900. The second-order valence-corrected chi connectivity index (χ2v) is 3.93. The van der Waals surface area contributed by atoms with Gasteiger partial charge in [-0.3, -0.25) is 4.79 Å². The summed E-state index contributed by atoms with van der Waals surface area (Å²) in [5, 5.41) is 0. The molecule has 1 rings (SSSR count). The molecule has 0 bridgehead atoms. The van der Waals surface area contributed by atoms with E-state index in [-0.39, 0.29) is 11.7 Å². The molecule has 1 fully saturated rings. The number of methoxy groups -OCH3 is 1. The lowest BCUT2D eigenvalue weighted by Crippen LogP contribution is -2.42. The normalized spacial score (nSPS) is 22.2. The maximum absolute atomic E-state index is 11.5. The Morgan fingerprint density at radius 3 is 2.50 bits per heavy atom. The zero-order valence-corrected chi connectivity index (χ0v) is 9.04. The van der Waals surface area contributed by atoms with Crippen LogP contribution in [0.25, 0.3) is 0 Å². The van der Waals surface area contributed by atoms with Gasteiger partial charge in [0, 0.05) is 13.5 Å². The minimum atomic E-state index is -0.544. The Kier molecular flexibility index (Phi) is 4.04. The van der Waals surface area contributed by atoms with Crippen LogP contribution < -0.4 is 0 Å². The Morgan fingerprint density at radius 2 is 2.00 bits per heavy atom. The van der Waals surface area contributed by atoms with Crippen LogP contribution in [-0.2, 0) is 19.0 Å². The summed E-state index contributed by atoms with van der Waals surface area (Å²) in [6, 6.07) is 0. The molecule has 82 valence electrons. The first-order valence-electron chi connectivity index (χ1n) is 4.85. The summed E-state index contributed by atoms with van der Waals surface area (Å²) in [7, 11) is 1.59. The van der Waals surface area contributed by atoms with Crippen LogP contribution in [0.4, 0.5) is 0 Å². The number of ketones is 1. The lowest BCUT2D eigenvalue weighted by molar-refractivity contribution is -0.258. The molecule has 0 unspecified atom stereocenters. The monoisotopic (exact) mass is 202 g/mol. The van der Waals surface area contributed by atoms with Crippen molar-refractivity contribution in [2.45, 2.75) is 26.1 Å². The molecule has 0 saturated carbocycles. The van der Waals surface area contributed by atoms with Crippen molar-refractivity contribution in [1.82, 2.24) is 0 Å². The molecule has 0 radical (unpaired) electrons. The number of hydrogen-bond acceptors (Lipinski definition) is 4. The van der Waals surface area contributed by atoms with Gasteiger partial charge in [-0.05, 0) is 13.8 Å². The van der Waals surface area contributed by atoms with E-state index in [1.807, 2.05) is 13.8 Å². The Labute approximate surface area is 84.5 Å². The van der Waals surface area contributed by atoms with Crippen LogP contribution in [0.3, 0.4) is 0 Å². The van der Waals surface area contributed by atoms with Crippen molar-refractivity contribution >= 4 is 5.78 Å². The number of carbonyl (C=O) groups excluding carboxylic acids is 1. The van der Waals surface area contributed by atoms with E-state index in [0.29, 0.717) is 26.2 Å². The molecule has 0 aliphatic carbocycles. The largest absolute Gasteiger partial charge is 0.384 e.